The van der Waals surface area contributed by atoms with Crippen LogP contribution in [0, 0.1) is 0 Å². The van der Waals surface area contributed by atoms with Crippen molar-refractivity contribution in [3.8, 4) is 5.75 Å². The average molecular weight is 399 g/mol. The van der Waals surface area contributed by atoms with E-state index in [-0.39, 0.29) is 30.1 Å². The van der Waals surface area contributed by atoms with Crippen molar-refractivity contribution in [2.45, 2.75) is 50.1 Å². The first kappa shape index (κ1) is 20.7. The number of nitrogens with one attached hydrogen (secondary N) is 1. The van der Waals surface area contributed by atoms with Crippen LogP contribution < -0.4 is 10.1 Å². The average Bonchev–Trinajstić information content (AvgIpc) is 3.17. The number of carbonyl (C=O) groups excluding carboxylic acids is 1. The van der Waals surface area contributed by atoms with Crippen LogP contribution in [-0.4, -0.2) is 43.5 Å². The van der Waals surface area contributed by atoms with Crippen molar-refractivity contribution in [2.75, 3.05) is 19.8 Å². The molecule has 1 heterocycles. The Kier molecular flexibility index (Phi) is 6.00. The first-order valence-corrected chi connectivity index (χ1v) is 9.33. The van der Waals surface area contributed by atoms with E-state index in [9.17, 15) is 18.0 Å². The molecular weight excluding hydrogens is 375 g/mol. The van der Waals surface area contributed by atoms with Gasteiger partial charge in [-0.1, -0.05) is 12.7 Å². The quantitative estimate of drug-likeness (QED) is 0.710. The van der Waals surface area contributed by atoms with E-state index in [2.05, 4.69) is 11.9 Å². The minimum Gasteiger partial charge on any atom is -0.489 e. The van der Waals surface area contributed by atoms with Crippen molar-refractivity contribution in [3.63, 3.8) is 0 Å². The Hall–Kier alpha value is -2.06. The summed E-state index contributed by atoms with van der Waals surface area (Å²) in [5.74, 6) is -0.549. The van der Waals surface area contributed by atoms with Gasteiger partial charge in [-0.25, -0.2) is 0 Å². The molecule has 2 fully saturated rings. The molecule has 0 aromatic heterocycles. The Morgan fingerprint density at radius 3 is 2.86 bits per heavy atom. The predicted molar refractivity (Wildman–Crippen MR) is 96.3 cm³/mol. The van der Waals surface area contributed by atoms with E-state index in [1.807, 2.05) is 6.92 Å². The van der Waals surface area contributed by atoms with Gasteiger partial charge in [-0.2, -0.15) is 13.2 Å². The van der Waals surface area contributed by atoms with Gasteiger partial charge < -0.3 is 19.5 Å². The highest BCUT2D eigenvalue weighted by Crippen LogP contribution is 2.46. The molecule has 8 heteroatoms. The summed E-state index contributed by atoms with van der Waals surface area (Å²) in [5.41, 5.74) is -1.67. The highest BCUT2D eigenvalue weighted by atomic mass is 19.4. The van der Waals surface area contributed by atoms with Crippen LogP contribution in [-0.2, 0) is 15.7 Å². The van der Waals surface area contributed by atoms with Crippen LogP contribution in [0.25, 0.3) is 0 Å². The number of amides is 1. The molecule has 0 bridgehead atoms. The van der Waals surface area contributed by atoms with Gasteiger partial charge in [-0.05, 0) is 44.4 Å². The summed E-state index contributed by atoms with van der Waals surface area (Å²) < 4.78 is 56.3. The van der Waals surface area contributed by atoms with Gasteiger partial charge in [-0.15, -0.1) is 0 Å². The van der Waals surface area contributed by atoms with Crippen LogP contribution in [0.5, 0.6) is 5.75 Å². The van der Waals surface area contributed by atoms with Gasteiger partial charge in [0.05, 0.1) is 23.3 Å². The number of hydrogen-bond donors (Lipinski definition) is 1. The fourth-order valence-corrected chi connectivity index (χ4v) is 3.87. The number of carbonyl (C=O) groups is 1. The van der Waals surface area contributed by atoms with Crippen molar-refractivity contribution in [3.05, 3.63) is 42.0 Å². The van der Waals surface area contributed by atoms with Crippen LogP contribution >= 0.6 is 0 Å². The summed E-state index contributed by atoms with van der Waals surface area (Å²) in [6.07, 6.45) is -1.07. The Balaban J connectivity index is 1.82. The van der Waals surface area contributed by atoms with Crippen LogP contribution in [0.2, 0.25) is 0 Å². The lowest BCUT2D eigenvalue weighted by atomic mass is 9.70. The minimum atomic E-state index is -4.56. The van der Waals surface area contributed by atoms with Gasteiger partial charge in [-0.3, -0.25) is 4.79 Å². The van der Waals surface area contributed by atoms with E-state index < -0.39 is 23.2 Å². The molecule has 154 valence electrons. The maximum Gasteiger partial charge on any atom is 0.416 e. The van der Waals surface area contributed by atoms with E-state index in [0.29, 0.717) is 19.6 Å². The molecule has 1 spiro atoms. The molecule has 3 rings (SSSR count). The molecule has 5 nitrogen and oxygen atoms in total. The van der Waals surface area contributed by atoms with Crippen molar-refractivity contribution < 1.29 is 32.2 Å². The maximum absolute atomic E-state index is 13.1. The first-order chi connectivity index (χ1) is 13.3. The third-order valence-electron chi connectivity index (χ3n) is 5.25. The Morgan fingerprint density at radius 1 is 1.46 bits per heavy atom. The number of alkyl halides is 3. The predicted octanol–water partition coefficient (Wildman–Crippen LogP) is 3.73. The number of halogens is 3. The van der Waals surface area contributed by atoms with E-state index >= 15 is 0 Å². The van der Waals surface area contributed by atoms with E-state index in [0.717, 1.165) is 31.0 Å². The molecule has 1 N–H and O–H groups in total. The van der Waals surface area contributed by atoms with Crippen LogP contribution in [0.3, 0.4) is 0 Å². The lowest BCUT2D eigenvalue weighted by Gasteiger charge is -2.52. The summed E-state index contributed by atoms with van der Waals surface area (Å²) in [4.78, 5) is 12.8. The fraction of sp³-hybridized carbons (Fsp3) is 0.550. The molecule has 1 aromatic carbocycles. The zero-order valence-corrected chi connectivity index (χ0v) is 15.7. The highest BCUT2D eigenvalue weighted by molar-refractivity contribution is 5.97. The maximum atomic E-state index is 13.1. The molecule has 1 aliphatic carbocycles. The number of hydrogen-bond acceptors (Lipinski definition) is 4. The number of rotatable bonds is 7. The van der Waals surface area contributed by atoms with Gasteiger partial charge in [0, 0.05) is 13.2 Å². The monoisotopic (exact) mass is 399 g/mol. The lowest BCUT2D eigenvalue weighted by molar-refractivity contribution is -0.194. The summed E-state index contributed by atoms with van der Waals surface area (Å²) >= 11 is 0. The molecule has 28 heavy (non-hydrogen) atoms. The fourth-order valence-electron chi connectivity index (χ4n) is 3.87. The van der Waals surface area contributed by atoms with Crippen molar-refractivity contribution in [1.29, 1.82) is 0 Å². The summed E-state index contributed by atoms with van der Waals surface area (Å²) in [5, 5.41) is 2.83. The van der Waals surface area contributed by atoms with E-state index in [1.165, 1.54) is 6.08 Å². The smallest absolute Gasteiger partial charge is 0.416 e. The second kappa shape index (κ2) is 8.13. The molecule has 3 atom stereocenters. The number of benzene rings is 1. The molecule has 0 radical (unpaired) electrons. The largest absolute Gasteiger partial charge is 0.489 e. The highest BCUT2D eigenvalue weighted by Gasteiger charge is 2.59. The van der Waals surface area contributed by atoms with E-state index in [4.69, 9.17) is 14.2 Å². The zero-order chi connectivity index (χ0) is 20.4. The number of ether oxygens (including phenoxy) is 3. The zero-order valence-electron chi connectivity index (χ0n) is 15.7. The third kappa shape index (κ3) is 3.89. The summed E-state index contributed by atoms with van der Waals surface area (Å²) in [6, 6.07) is 2.55. The SMILES string of the molecule is C=CCOc1ccc(C(F)(F)F)cc1C(=O)NC1CC(OCC)C12CCCO2. The van der Waals surface area contributed by atoms with Gasteiger partial charge in [0.2, 0.25) is 0 Å². The molecule has 1 aliphatic heterocycles. The van der Waals surface area contributed by atoms with Crippen molar-refractivity contribution in [1.82, 2.24) is 5.32 Å². The third-order valence-corrected chi connectivity index (χ3v) is 5.25. The first-order valence-electron chi connectivity index (χ1n) is 9.33. The molecule has 1 aromatic rings. The molecular formula is C20H24F3NO4. The molecule has 1 amide bonds. The standard InChI is InChI=1S/C20H24F3NO4/c1-3-9-27-15-7-6-13(20(21,22)23)11-14(15)18(25)24-16-12-17(26-4-2)19(16)8-5-10-28-19/h3,6-7,11,16-17H,1,4-5,8-10,12H2,2H3,(H,24,25). The summed E-state index contributed by atoms with van der Waals surface area (Å²) in [6.45, 7) is 6.59. The molecule has 2 aliphatic rings. The van der Waals surface area contributed by atoms with Crippen molar-refractivity contribution >= 4 is 5.91 Å². The molecule has 1 saturated carbocycles. The van der Waals surface area contributed by atoms with Crippen LogP contribution in [0.15, 0.2) is 30.9 Å². The van der Waals surface area contributed by atoms with Gasteiger partial charge in [0.15, 0.2) is 0 Å². The van der Waals surface area contributed by atoms with Gasteiger partial charge in [0.25, 0.3) is 5.91 Å². The Bertz CT molecular complexity index is 729. The second-order valence-corrected chi connectivity index (χ2v) is 6.92. The van der Waals surface area contributed by atoms with Crippen molar-refractivity contribution in [2.24, 2.45) is 0 Å². The minimum absolute atomic E-state index is 0.0764. The second-order valence-electron chi connectivity index (χ2n) is 6.92. The van der Waals surface area contributed by atoms with Crippen LogP contribution in [0.4, 0.5) is 13.2 Å². The topological polar surface area (TPSA) is 56.8 Å². The summed E-state index contributed by atoms with van der Waals surface area (Å²) in [7, 11) is 0. The Labute approximate surface area is 161 Å². The van der Waals surface area contributed by atoms with E-state index in [1.54, 1.807) is 0 Å². The van der Waals surface area contributed by atoms with Crippen LogP contribution in [0.1, 0.15) is 42.1 Å². The lowest BCUT2D eigenvalue weighted by Crippen LogP contribution is -2.69. The van der Waals surface area contributed by atoms with Gasteiger partial charge in [0.1, 0.15) is 18.0 Å². The van der Waals surface area contributed by atoms with Gasteiger partial charge >= 0.3 is 6.18 Å². The molecule has 1 saturated heterocycles. The molecule has 3 unspecified atom stereocenters. The normalized spacial score (nSPS) is 26.7. The Morgan fingerprint density at radius 2 is 2.25 bits per heavy atom.